The molecule has 1 aromatic carbocycles. The number of hydrogen-bond donors (Lipinski definition) is 1. The summed E-state index contributed by atoms with van der Waals surface area (Å²) in [4.78, 5) is 28.1. The fraction of sp³-hybridized carbons (Fsp3) is 0.259. The van der Waals surface area contributed by atoms with Crippen LogP contribution in [0.2, 0.25) is 5.02 Å². The maximum atomic E-state index is 14.4. The van der Waals surface area contributed by atoms with Gasteiger partial charge in [0.1, 0.15) is 35.3 Å². The van der Waals surface area contributed by atoms with Gasteiger partial charge in [-0.25, -0.2) is 19.2 Å². The van der Waals surface area contributed by atoms with Crippen molar-refractivity contribution in [3.05, 3.63) is 82.3 Å². The second-order valence-electron chi connectivity index (χ2n) is 9.47. The van der Waals surface area contributed by atoms with E-state index in [9.17, 15) is 9.18 Å². The first-order valence-corrected chi connectivity index (χ1v) is 12.5. The van der Waals surface area contributed by atoms with Gasteiger partial charge in [0.25, 0.3) is 0 Å². The van der Waals surface area contributed by atoms with Crippen molar-refractivity contribution < 1.29 is 18.3 Å². The standard InChI is InChI=1S/C27H21ClFN5O3/c28-17-10-15-5-6-22(25-18(29)2-1-7-30-25)37-23(15)12-21(17)34-13-16-19(33-27(34)35)11-20(26-31-8-9-36-26)32-24(16)14-3-4-14/h1-2,7-12,14,22H,3-6,13H2,(H,33,35). The van der Waals surface area contributed by atoms with Crippen LogP contribution in [-0.2, 0) is 13.0 Å². The average molecular weight is 518 g/mol. The van der Waals surface area contributed by atoms with E-state index >= 15 is 0 Å². The van der Waals surface area contributed by atoms with Crippen LogP contribution in [0.15, 0.2) is 53.4 Å². The molecule has 1 saturated carbocycles. The Bertz CT molecular complexity index is 1540. The topological polar surface area (TPSA) is 93.4 Å². The number of rotatable bonds is 4. The van der Waals surface area contributed by atoms with Gasteiger partial charge in [0, 0.05) is 23.7 Å². The highest BCUT2D eigenvalue weighted by Gasteiger charge is 2.36. The van der Waals surface area contributed by atoms with E-state index in [1.807, 2.05) is 6.07 Å². The second-order valence-corrected chi connectivity index (χ2v) is 9.88. The summed E-state index contributed by atoms with van der Waals surface area (Å²) in [5, 5.41) is 3.45. The predicted octanol–water partition coefficient (Wildman–Crippen LogP) is 6.42. The summed E-state index contributed by atoms with van der Waals surface area (Å²) in [6.45, 7) is 0.308. The highest BCUT2D eigenvalue weighted by atomic mass is 35.5. The second kappa shape index (κ2) is 8.55. The molecule has 0 saturated heterocycles. The molecule has 8 nitrogen and oxygen atoms in total. The molecule has 0 radical (unpaired) electrons. The monoisotopic (exact) mass is 517 g/mol. The van der Waals surface area contributed by atoms with E-state index in [4.69, 9.17) is 25.7 Å². The number of nitrogens with zero attached hydrogens (tertiary/aromatic N) is 4. The molecule has 3 aromatic heterocycles. The van der Waals surface area contributed by atoms with E-state index in [0.717, 1.165) is 29.7 Å². The van der Waals surface area contributed by atoms with Crippen LogP contribution >= 0.6 is 11.6 Å². The van der Waals surface area contributed by atoms with Crippen LogP contribution in [0.4, 0.5) is 20.6 Å². The number of amides is 2. The number of carbonyl (C=O) groups is 1. The van der Waals surface area contributed by atoms with Gasteiger partial charge in [-0.05, 0) is 55.5 Å². The summed E-state index contributed by atoms with van der Waals surface area (Å²) in [7, 11) is 0. The number of benzene rings is 1. The van der Waals surface area contributed by atoms with E-state index < -0.39 is 11.9 Å². The average Bonchev–Trinajstić information content (AvgIpc) is 3.60. The third-order valence-corrected chi connectivity index (χ3v) is 7.34. The van der Waals surface area contributed by atoms with Crippen molar-refractivity contribution in [1.29, 1.82) is 0 Å². The number of carbonyl (C=O) groups excluding carboxylic acids is 1. The third kappa shape index (κ3) is 3.90. The van der Waals surface area contributed by atoms with Crippen LogP contribution in [0.25, 0.3) is 11.6 Å². The van der Waals surface area contributed by atoms with Gasteiger partial charge in [-0.3, -0.25) is 9.88 Å². The molecular weight excluding hydrogens is 497 g/mol. The Kier molecular flexibility index (Phi) is 5.14. The Morgan fingerprint density at radius 3 is 2.78 bits per heavy atom. The van der Waals surface area contributed by atoms with Crippen molar-refractivity contribution in [2.75, 3.05) is 10.2 Å². The molecule has 2 amide bonds. The zero-order valence-corrected chi connectivity index (χ0v) is 20.3. The Balaban J connectivity index is 1.24. The number of halogens is 2. The first-order valence-electron chi connectivity index (χ1n) is 12.2. The molecule has 0 bridgehead atoms. The minimum absolute atomic E-state index is 0.274. The van der Waals surface area contributed by atoms with E-state index in [1.165, 1.54) is 12.3 Å². The quantitative estimate of drug-likeness (QED) is 0.336. The number of aryl methyl sites for hydroxylation is 1. The number of oxazole rings is 1. The van der Waals surface area contributed by atoms with Gasteiger partial charge in [-0.15, -0.1) is 0 Å². The lowest BCUT2D eigenvalue weighted by molar-refractivity contribution is 0.167. The Labute approximate surface area is 216 Å². The third-order valence-electron chi connectivity index (χ3n) is 7.03. The largest absolute Gasteiger partial charge is 0.484 e. The SMILES string of the molecule is O=C1Nc2cc(-c3ncco3)nc(C3CC3)c2CN1c1cc2c(cc1Cl)CCC(c1ncccc1F)O2. The number of nitrogens with one attached hydrogen (secondary N) is 1. The van der Waals surface area contributed by atoms with E-state index in [-0.39, 0.29) is 11.7 Å². The zero-order valence-electron chi connectivity index (χ0n) is 19.6. The van der Waals surface area contributed by atoms with E-state index in [0.29, 0.717) is 59.0 Å². The van der Waals surface area contributed by atoms with Crippen molar-refractivity contribution in [2.24, 2.45) is 0 Å². The summed E-state index contributed by atoms with van der Waals surface area (Å²) in [5.41, 5.74) is 4.87. The molecule has 2 aliphatic heterocycles. The number of anilines is 2. The molecule has 5 heterocycles. The van der Waals surface area contributed by atoms with Gasteiger partial charge >= 0.3 is 6.03 Å². The first kappa shape index (κ1) is 22.2. The summed E-state index contributed by atoms with van der Waals surface area (Å²) in [6.07, 6.45) is 7.43. The van der Waals surface area contributed by atoms with E-state index in [2.05, 4.69) is 15.3 Å². The van der Waals surface area contributed by atoms with Gasteiger partial charge < -0.3 is 14.5 Å². The predicted molar refractivity (Wildman–Crippen MR) is 134 cm³/mol. The molecule has 186 valence electrons. The minimum atomic E-state index is -0.516. The number of ether oxygens (including phenoxy) is 1. The molecular formula is C27H21ClFN5O3. The maximum Gasteiger partial charge on any atom is 0.326 e. The van der Waals surface area contributed by atoms with Crippen LogP contribution in [0.5, 0.6) is 5.75 Å². The Hall–Kier alpha value is -3.98. The molecule has 0 spiro atoms. The molecule has 10 heteroatoms. The molecule has 7 rings (SSSR count). The van der Waals surface area contributed by atoms with Crippen LogP contribution in [-0.4, -0.2) is 21.0 Å². The maximum absolute atomic E-state index is 14.4. The smallest absolute Gasteiger partial charge is 0.326 e. The molecule has 4 aromatic rings. The van der Waals surface area contributed by atoms with Gasteiger partial charge in [0.2, 0.25) is 5.89 Å². The van der Waals surface area contributed by atoms with Crippen LogP contribution in [0.3, 0.4) is 0 Å². The Morgan fingerprint density at radius 2 is 2.00 bits per heavy atom. The molecule has 3 aliphatic rings. The number of urea groups is 1. The van der Waals surface area contributed by atoms with Crippen molar-refractivity contribution in [3.8, 4) is 17.3 Å². The molecule has 1 unspecified atom stereocenters. The lowest BCUT2D eigenvalue weighted by Crippen LogP contribution is -2.39. The molecule has 1 fully saturated rings. The van der Waals surface area contributed by atoms with Gasteiger partial charge in [0.15, 0.2) is 0 Å². The lowest BCUT2D eigenvalue weighted by Gasteiger charge is -2.33. The molecule has 37 heavy (non-hydrogen) atoms. The van der Waals surface area contributed by atoms with Crippen molar-refractivity contribution in [3.63, 3.8) is 0 Å². The highest BCUT2D eigenvalue weighted by Crippen LogP contribution is 2.46. The molecule has 1 aliphatic carbocycles. The normalized spacial score (nSPS) is 18.6. The fourth-order valence-electron chi connectivity index (χ4n) is 5.05. The van der Waals surface area contributed by atoms with Crippen LogP contribution < -0.4 is 15.0 Å². The molecule has 1 atom stereocenters. The van der Waals surface area contributed by atoms with Gasteiger partial charge in [-0.1, -0.05) is 11.6 Å². The lowest BCUT2D eigenvalue weighted by atomic mass is 9.98. The van der Waals surface area contributed by atoms with E-state index in [1.54, 1.807) is 35.5 Å². The Morgan fingerprint density at radius 1 is 1.11 bits per heavy atom. The highest BCUT2D eigenvalue weighted by molar-refractivity contribution is 6.34. The van der Waals surface area contributed by atoms with Gasteiger partial charge in [0.05, 0.1) is 34.8 Å². The molecule has 1 N–H and O–H groups in total. The minimum Gasteiger partial charge on any atom is -0.484 e. The van der Waals surface area contributed by atoms with Crippen molar-refractivity contribution >= 4 is 29.0 Å². The number of hydrogen-bond acceptors (Lipinski definition) is 6. The summed E-state index contributed by atoms with van der Waals surface area (Å²) >= 11 is 6.69. The van der Waals surface area contributed by atoms with Crippen LogP contribution in [0.1, 0.15) is 53.8 Å². The summed E-state index contributed by atoms with van der Waals surface area (Å²) < 4.78 is 26.0. The summed E-state index contributed by atoms with van der Waals surface area (Å²) in [6, 6.07) is 8.00. The van der Waals surface area contributed by atoms with Gasteiger partial charge in [-0.2, -0.15) is 0 Å². The van der Waals surface area contributed by atoms with Crippen molar-refractivity contribution in [1.82, 2.24) is 15.0 Å². The number of aromatic nitrogens is 3. The van der Waals surface area contributed by atoms with Crippen LogP contribution in [0, 0.1) is 5.82 Å². The summed E-state index contributed by atoms with van der Waals surface area (Å²) in [5.74, 6) is 0.910. The van der Waals surface area contributed by atoms with Crippen molar-refractivity contribution in [2.45, 2.75) is 44.2 Å². The fourth-order valence-corrected chi connectivity index (χ4v) is 5.34. The first-order chi connectivity index (χ1) is 18.0. The number of fused-ring (bicyclic) bond motifs is 2. The number of pyridine rings is 2. The zero-order chi connectivity index (χ0) is 25.1.